The van der Waals surface area contributed by atoms with Crippen molar-refractivity contribution in [3.63, 3.8) is 0 Å². The molecule has 0 amide bonds. The average Bonchev–Trinajstić information content (AvgIpc) is 3.05. The Balaban J connectivity index is 2.06. The third-order valence-electron chi connectivity index (χ3n) is 3.83. The van der Waals surface area contributed by atoms with Crippen LogP contribution < -0.4 is 4.72 Å². The molecule has 1 aromatic heterocycles. The van der Waals surface area contributed by atoms with Gasteiger partial charge in [0.25, 0.3) is 10.0 Å². The highest BCUT2D eigenvalue weighted by atomic mass is 35.5. The molecule has 3 nitrogen and oxygen atoms in total. The number of rotatable bonds is 4. The monoisotopic (exact) mass is 553 g/mol. The van der Waals surface area contributed by atoms with Crippen LogP contribution >= 0.6 is 69.3 Å². The molecule has 0 unspecified atom stereocenters. The van der Waals surface area contributed by atoms with Gasteiger partial charge in [-0.1, -0.05) is 58.0 Å². The largest absolute Gasteiger partial charge is 0.416 e. The first kappa shape index (κ1) is 23.8. The summed E-state index contributed by atoms with van der Waals surface area (Å²) in [5.74, 6) is 0. The molecule has 2 aromatic carbocycles. The summed E-state index contributed by atoms with van der Waals surface area (Å²) in [4.78, 5) is -0.333. The number of thiophene rings is 1. The average molecular weight is 556 g/mol. The van der Waals surface area contributed by atoms with Gasteiger partial charge in [0.15, 0.2) is 0 Å². The molecule has 13 heteroatoms. The minimum Gasteiger partial charge on any atom is -0.278 e. The molecule has 0 saturated heterocycles. The van der Waals surface area contributed by atoms with Crippen molar-refractivity contribution in [1.82, 2.24) is 0 Å². The van der Waals surface area contributed by atoms with Crippen molar-refractivity contribution in [2.45, 2.75) is 11.1 Å². The van der Waals surface area contributed by atoms with Gasteiger partial charge in [-0.3, -0.25) is 4.72 Å². The molecule has 0 aliphatic carbocycles. The van der Waals surface area contributed by atoms with Gasteiger partial charge in [-0.2, -0.15) is 13.2 Å². The van der Waals surface area contributed by atoms with Gasteiger partial charge in [0.1, 0.15) is 4.90 Å². The maximum Gasteiger partial charge on any atom is 0.416 e. The summed E-state index contributed by atoms with van der Waals surface area (Å²) in [7, 11) is -4.23. The van der Waals surface area contributed by atoms with Crippen LogP contribution in [0.5, 0.6) is 0 Å². The quantitative estimate of drug-likeness (QED) is 0.328. The molecule has 0 spiro atoms. The Bertz CT molecular complexity index is 1220. The van der Waals surface area contributed by atoms with Crippen LogP contribution in [0.3, 0.4) is 0 Å². The van der Waals surface area contributed by atoms with Gasteiger partial charge in [-0.25, -0.2) is 8.42 Å². The van der Waals surface area contributed by atoms with Gasteiger partial charge < -0.3 is 0 Å². The molecular weight excluding hydrogens is 549 g/mol. The number of hydrogen-bond donors (Lipinski definition) is 1. The van der Waals surface area contributed by atoms with Crippen LogP contribution in [0.4, 0.5) is 18.9 Å². The van der Waals surface area contributed by atoms with E-state index in [-0.39, 0.29) is 46.8 Å². The van der Waals surface area contributed by atoms with Gasteiger partial charge in [0.2, 0.25) is 0 Å². The molecule has 0 saturated carbocycles. The number of sulfonamides is 1. The zero-order chi connectivity index (χ0) is 22.4. The van der Waals surface area contributed by atoms with Crippen molar-refractivity contribution in [1.29, 1.82) is 0 Å². The highest BCUT2D eigenvalue weighted by Gasteiger charge is 2.32. The van der Waals surface area contributed by atoms with Gasteiger partial charge in [0, 0.05) is 21.9 Å². The number of hydrogen-bond acceptors (Lipinski definition) is 3. The normalized spacial score (nSPS) is 12.3. The van der Waals surface area contributed by atoms with E-state index in [0.717, 1.165) is 11.3 Å². The second-order valence-electron chi connectivity index (χ2n) is 5.79. The van der Waals surface area contributed by atoms with Crippen LogP contribution in [0.1, 0.15) is 5.56 Å². The topological polar surface area (TPSA) is 46.2 Å². The first-order valence-corrected chi connectivity index (χ1v) is 11.9. The Morgan fingerprint density at radius 2 is 1.47 bits per heavy atom. The van der Waals surface area contributed by atoms with Crippen LogP contribution in [-0.4, -0.2) is 8.42 Å². The molecule has 3 aromatic rings. The highest BCUT2D eigenvalue weighted by molar-refractivity contribution is 7.92. The fraction of sp³-hybridized carbons (Fsp3) is 0.0588. The van der Waals surface area contributed by atoms with E-state index in [1.807, 2.05) is 0 Å². The second-order valence-corrected chi connectivity index (χ2v) is 10.2. The third kappa shape index (κ3) is 4.65. The Morgan fingerprint density at radius 1 is 0.867 bits per heavy atom. The molecule has 160 valence electrons. The molecule has 1 heterocycles. The lowest BCUT2D eigenvalue weighted by atomic mass is 10.1. The maximum absolute atomic E-state index is 13.0. The van der Waals surface area contributed by atoms with Gasteiger partial charge in [-0.15, -0.1) is 11.3 Å². The van der Waals surface area contributed by atoms with Crippen molar-refractivity contribution >= 4 is 85.1 Å². The van der Waals surface area contributed by atoms with Crippen LogP contribution in [0.25, 0.3) is 11.1 Å². The number of alkyl halides is 3. The van der Waals surface area contributed by atoms with Crippen molar-refractivity contribution in [3.8, 4) is 11.1 Å². The fourth-order valence-corrected chi connectivity index (χ4v) is 6.07. The van der Waals surface area contributed by atoms with E-state index in [1.54, 1.807) is 0 Å². The van der Waals surface area contributed by atoms with E-state index >= 15 is 0 Å². The lowest BCUT2D eigenvalue weighted by Crippen LogP contribution is -2.14. The summed E-state index contributed by atoms with van der Waals surface area (Å²) in [6.45, 7) is 0. The highest BCUT2D eigenvalue weighted by Crippen LogP contribution is 2.45. The molecule has 0 radical (unpaired) electrons. The fourth-order valence-electron chi connectivity index (χ4n) is 2.48. The molecule has 1 N–H and O–H groups in total. The Hall–Kier alpha value is -0.870. The third-order valence-corrected chi connectivity index (χ3v) is 7.99. The standard InChI is InChI=1S/C17H7Cl5F3NO2S2/c18-9-1-2-13(16(22)15(9)21)30(27,28)26-12-6-29-5-8(12)14-10(19)3-7(4-11(14)20)17(23,24)25/h1-6,26H. The minimum atomic E-state index is -4.64. The lowest BCUT2D eigenvalue weighted by molar-refractivity contribution is -0.137. The Labute approximate surface area is 198 Å². The van der Waals surface area contributed by atoms with E-state index < -0.39 is 21.8 Å². The number of anilines is 1. The van der Waals surface area contributed by atoms with Crippen LogP contribution in [-0.2, 0) is 16.2 Å². The molecule has 0 atom stereocenters. The molecule has 30 heavy (non-hydrogen) atoms. The van der Waals surface area contributed by atoms with Gasteiger partial charge in [-0.05, 0) is 24.3 Å². The van der Waals surface area contributed by atoms with Crippen LogP contribution in [0.15, 0.2) is 39.9 Å². The molecule has 3 rings (SSSR count). The summed E-state index contributed by atoms with van der Waals surface area (Å²) >= 11 is 30.9. The van der Waals surface area contributed by atoms with E-state index in [2.05, 4.69) is 4.72 Å². The summed E-state index contributed by atoms with van der Waals surface area (Å²) < 4.78 is 66.9. The maximum atomic E-state index is 13.0. The van der Waals surface area contributed by atoms with Crippen molar-refractivity contribution in [2.75, 3.05) is 4.72 Å². The SMILES string of the molecule is O=S(=O)(Nc1cscc1-c1c(Cl)cc(C(F)(F)F)cc1Cl)c1ccc(Cl)c(Cl)c1Cl. The summed E-state index contributed by atoms with van der Waals surface area (Å²) in [6, 6.07) is 3.87. The Morgan fingerprint density at radius 3 is 2.03 bits per heavy atom. The predicted octanol–water partition coefficient (Wildman–Crippen LogP) is 8.50. The van der Waals surface area contributed by atoms with E-state index in [1.165, 1.54) is 22.9 Å². The second kappa shape index (κ2) is 8.58. The molecular formula is C17H7Cl5F3NO2S2. The summed E-state index contributed by atoms with van der Waals surface area (Å²) in [6.07, 6.45) is -4.64. The van der Waals surface area contributed by atoms with Crippen LogP contribution in [0.2, 0.25) is 25.1 Å². The van der Waals surface area contributed by atoms with Gasteiger partial charge >= 0.3 is 6.18 Å². The number of halogens is 8. The zero-order valence-corrected chi connectivity index (χ0v) is 19.5. The number of nitrogens with one attached hydrogen (secondary N) is 1. The van der Waals surface area contributed by atoms with E-state index in [9.17, 15) is 21.6 Å². The first-order valence-electron chi connectivity index (χ1n) is 7.62. The first-order chi connectivity index (χ1) is 13.8. The predicted molar refractivity (Wildman–Crippen MR) is 117 cm³/mol. The van der Waals surface area contributed by atoms with Crippen molar-refractivity contribution in [3.05, 3.63) is 65.7 Å². The molecule has 0 aliphatic rings. The zero-order valence-electron chi connectivity index (χ0n) is 14.1. The summed E-state index contributed by atoms with van der Waals surface area (Å²) in [5, 5.41) is 2.00. The molecule has 0 bridgehead atoms. The lowest BCUT2D eigenvalue weighted by Gasteiger charge is -2.15. The van der Waals surface area contributed by atoms with Gasteiger partial charge in [0.05, 0.1) is 36.4 Å². The summed E-state index contributed by atoms with van der Waals surface area (Å²) in [5.41, 5.74) is -0.735. The molecule has 0 aliphatic heterocycles. The van der Waals surface area contributed by atoms with Crippen molar-refractivity contribution < 1.29 is 21.6 Å². The van der Waals surface area contributed by atoms with Crippen LogP contribution in [0, 0.1) is 0 Å². The van der Waals surface area contributed by atoms with E-state index in [0.29, 0.717) is 12.1 Å². The smallest absolute Gasteiger partial charge is 0.278 e. The minimum absolute atomic E-state index is 0.0468. The van der Waals surface area contributed by atoms with Crippen molar-refractivity contribution in [2.24, 2.45) is 0 Å². The van der Waals surface area contributed by atoms with E-state index in [4.69, 9.17) is 58.0 Å². The number of benzene rings is 2. The Kier molecular flexibility index (Phi) is 6.80. The molecule has 0 fully saturated rings.